The van der Waals surface area contributed by atoms with Crippen LogP contribution in [0.1, 0.15) is 34.6 Å². The lowest BCUT2D eigenvalue weighted by atomic mass is 9.97. The average Bonchev–Trinajstić information content (AvgIpc) is 2.70. The Balaban J connectivity index is 2.87. The van der Waals surface area contributed by atoms with E-state index in [0.29, 0.717) is 21.4 Å². The number of alkyl halides is 2. The zero-order chi connectivity index (χ0) is 16.1. The number of aromatic hydroxyl groups is 1. The van der Waals surface area contributed by atoms with E-state index in [1.165, 1.54) is 6.92 Å². The second-order valence-corrected chi connectivity index (χ2v) is 5.09. The summed E-state index contributed by atoms with van der Waals surface area (Å²) >= 11 is 0. The standard InChI is InChI=1S/C14H17F2N3O2/c1-6-7(2)11(9(4)12(20)8(6)3)19-14(21)18(13(15)16)10(5)17-19/h13,20H,1-5H3. The summed E-state index contributed by atoms with van der Waals surface area (Å²) in [4.78, 5) is 12.1. The summed E-state index contributed by atoms with van der Waals surface area (Å²) in [5.74, 6) is -0.0317. The van der Waals surface area contributed by atoms with Gasteiger partial charge < -0.3 is 5.11 Å². The Morgan fingerprint density at radius 3 is 2.05 bits per heavy atom. The molecule has 21 heavy (non-hydrogen) atoms. The highest BCUT2D eigenvalue weighted by Gasteiger charge is 2.23. The maximum atomic E-state index is 12.9. The Morgan fingerprint density at radius 2 is 1.57 bits per heavy atom. The molecular weight excluding hydrogens is 280 g/mol. The molecule has 114 valence electrons. The molecule has 0 aliphatic heterocycles. The van der Waals surface area contributed by atoms with Gasteiger partial charge in [0.15, 0.2) is 0 Å². The summed E-state index contributed by atoms with van der Waals surface area (Å²) in [7, 11) is 0. The summed E-state index contributed by atoms with van der Waals surface area (Å²) in [6.45, 7) is 5.36. The van der Waals surface area contributed by atoms with Crippen LogP contribution in [0.25, 0.3) is 5.69 Å². The van der Waals surface area contributed by atoms with Gasteiger partial charge in [0.2, 0.25) is 0 Å². The molecule has 1 aromatic heterocycles. The normalized spacial score (nSPS) is 11.4. The number of aromatic nitrogens is 3. The van der Waals surface area contributed by atoms with Gasteiger partial charge in [0, 0.05) is 5.56 Å². The van der Waals surface area contributed by atoms with Crippen molar-refractivity contribution in [2.75, 3.05) is 0 Å². The van der Waals surface area contributed by atoms with Crippen LogP contribution in [0.5, 0.6) is 5.75 Å². The van der Waals surface area contributed by atoms with Crippen LogP contribution in [0.15, 0.2) is 4.79 Å². The Bertz CT molecular complexity index is 746. The maximum Gasteiger partial charge on any atom is 0.355 e. The van der Waals surface area contributed by atoms with E-state index >= 15 is 0 Å². The van der Waals surface area contributed by atoms with Crippen molar-refractivity contribution in [2.24, 2.45) is 0 Å². The summed E-state index contributed by atoms with van der Waals surface area (Å²) in [6, 6.07) is 0. The highest BCUT2D eigenvalue weighted by atomic mass is 19.3. The lowest BCUT2D eigenvalue weighted by molar-refractivity contribution is 0.0640. The number of nitrogens with zero attached hydrogens (tertiary/aromatic N) is 3. The average molecular weight is 297 g/mol. The van der Waals surface area contributed by atoms with E-state index in [-0.39, 0.29) is 11.6 Å². The molecular formula is C14H17F2N3O2. The SMILES string of the molecule is Cc1c(C)c(O)c(C)c(-n2nc(C)n(C(F)F)c2=O)c1C. The Labute approximate surface area is 120 Å². The van der Waals surface area contributed by atoms with E-state index in [9.17, 15) is 18.7 Å². The van der Waals surface area contributed by atoms with Gasteiger partial charge in [0.25, 0.3) is 0 Å². The van der Waals surface area contributed by atoms with E-state index in [2.05, 4.69) is 5.10 Å². The molecule has 2 aromatic rings. The fraction of sp³-hybridized carbons (Fsp3) is 0.429. The third-order valence-electron chi connectivity index (χ3n) is 3.93. The molecule has 0 saturated carbocycles. The molecule has 0 bridgehead atoms. The molecule has 2 rings (SSSR count). The summed E-state index contributed by atoms with van der Waals surface area (Å²) in [5, 5.41) is 14.0. The van der Waals surface area contributed by atoms with Crippen LogP contribution in [0.4, 0.5) is 8.78 Å². The first-order valence-corrected chi connectivity index (χ1v) is 6.44. The quantitative estimate of drug-likeness (QED) is 0.927. The van der Waals surface area contributed by atoms with Crippen LogP contribution >= 0.6 is 0 Å². The second-order valence-electron chi connectivity index (χ2n) is 5.09. The lowest BCUT2D eigenvalue weighted by Crippen LogP contribution is -2.26. The van der Waals surface area contributed by atoms with Gasteiger partial charge in [0.05, 0.1) is 5.69 Å². The van der Waals surface area contributed by atoms with Crippen LogP contribution in [-0.4, -0.2) is 19.5 Å². The molecule has 0 atom stereocenters. The number of aryl methyl sites for hydroxylation is 1. The highest BCUT2D eigenvalue weighted by Crippen LogP contribution is 2.33. The minimum absolute atomic E-state index is 0.0456. The van der Waals surface area contributed by atoms with Crippen molar-refractivity contribution >= 4 is 0 Å². The number of rotatable bonds is 2. The van der Waals surface area contributed by atoms with Crippen molar-refractivity contribution in [3.8, 4) is 11.4 Å². The first kappa shape index (κ1) is 15.2. The molecule has 0 aliphatic carbocycles. The maximum absolute atomic E-state index is 12.9. The molecule has 0 aliphatic rings. The predicted molar refractivity (Wildman–Crippen MR) is 74.4 cm³/mol. The first-order chi connectivity index (χ1) is 9.68. The van der Waals surface area contributed by atoms with E-state index < -0.39 is 12.2 Å². The highest BCUT2D eigenvalue weighted by molar-refractivity contribution is 5.60. The van der Waals surface area contributed by atoms with Crippen molar-refractivity contribution in [2.45, 2.75) is 41.2 Å². The fourth-order valence-electron chi connectivity index (χ4n) is 2.48. The van der Waals surface area contributed by atoms with Gasteiger partial charge in [-0.15, -0.1) is 0 Å². The topological polar surface area (TPSA) is 60.0 Å². The minimum atomic E-state index is -2.95. The Morgan fingerprint density at radius 1 is 1.00 bits per heavy atom. The van der Waals surface area contributed by atoms with Gasteiger partial charge in [-0.3, -0.25) is 0 Å². The zero-order valence-electron chi connectivity index (χ0n) is 12.5. The van der Waals surface area contributed by atoms with E-state index in [4.69, 9.17) is 0 Å². The summed E-state index contributed by atoms with van der Waals surface area (Å²) in [5.41, 5.74) is 2.09. The van der Waals surface area contributed by atoms with Crippen LogP contribution in [0, 0.1) is 34.6 Å². The molecule has 0 saturated heterocycles. The Hall–Kier alpha value is -2.18. The zero-order valence-corrected chi connectivity index (χ0v) is 12.5. The van der Waals surface area contributed by atoms with E-state index in [1.54, 1.807) is 27.7 Å². The molecule has 1 heterocycles. The smallest absolute Gasteiger partial charge is 0.355 e. The number of phenols is 1. The van der Waals surface area contributed by atoms with Gasteiger partial charge in [-0.2, -0.15) is 18.6 Å². The minimum Gasteiger partial charge on any atom is -0.507 e. The second kappa shape index (κ2) is 4.98. The van der Waals surface area contributed by atoms with Gasteiger partial charge in [-0.1, -0.05) is 0 Å². The molecule has 0 spiro atoms. The predicted octanol–water partition coefficient (Wildman–Crippen LogP) is 2.68. The molecule has 1 N–H and O–H groups in total. The molecule has 0 radical (unpaired) electrons. The van der Waals surface area contributed by atoms with Gasteiger partial charge in [-0.05, 0) is 51.3 Å². The number of halogens is 2. The van der Waals surface area contributed by atoms with Crippen LogP contribution < -0.4 is 5.69 Å². The van der Waals surface area contributed by atoms with Crippen molar-refractivity contribution in [3.05, 3.63) is 38.6 Å². The number of benzene rings is 1. The molecule has 0 fully saturated rings. The van der Waals surface area contributed by atoms with Crippen molar-refractivity contribution in [3.63, 3.8) is 0 Å². The van der Waals surface area contributed by atoms with Gasteiger partial charge >= 0.3 is 12.2 Å². The number of phenolic OH excluding ortho intramolecular Hbond substituents is 1. The number of hydrogen-bond acceptors (Lipinski definition) is 3. The van der Waals surface area contributed by atoms with Crippen LogP contribution in [0.3, 0.4) is 0 Å². The molecule has 0 unspecified atom stereocenters. The van der Waals surface area contributed by atoms with Gasteiger partial charge in [-0.25, -0.2) is 9.36 Å². The fourth-order valence-corrected chi connectivity index (χ4v) is 2.48. The van der Waals surface area contributed by atoms with Gasteiger partial charge in [0.1, 0.15) is 11.6 Å². The largest absolute Gasteiger partial charge is 0.507 e. The molecule has 1 aromatic carbocycles. The summed E-state index contributed by atoms with van der Waals surface area (Å²) in [6.07, 6.45) is 0. The molecule has 5 nitrogen and oxygen atoms in total. The monoisotopic (exact) mass is 297 g/mol. The summed E-state index contributed by atoms with van der Waals surface area (Å²) < 4.78 is 27.1. The third kappa shape index (κ3) is 2.12. The third-order valence-corrected chi connectivity index (χ3v) is 3.93. The molecule has 0 amide bonds. The van der Waals surface area contributed by atoms with Crippen molar-refractivity contribution < 1.29 is 13.9 Å². The lowest BCUT2D eigenvalue weighted by Gasteiger charge is -2.16. The van der Waals surface area contributed by atoms with E-state index in [1.807, 2.05) is 0 Å². The Kier molecular flexibility index (Phi) is 3.61. The van der Waals surface area contributed by atoms with Crippen LogP contribution in [0.2, 0.25) is 0 Å². The number of hydrogen-bond donors (Lipinski definition) is 1. The van der Waals surface area contributed by atoms with Crippen molar-refractivity contribution in [1.82, 2.24) is 14.3 Å². The van der Waals surface area contributed by atoms with Crippen LogP contribution in [-0.2, 0) is 0 Å². The first-order valence-electron chi connectivity index (χ1n) is 6.44. The van der Waals surface area contributed by atoms with E-state index in [0.717, 1.165) is 15.8 Å². The molecule has 7 heteroatoms. The van der Waals surface area contributed by atoms with Crippen molar-refractivity contribution in [1.29, 1.82) is 0 Å².